The zero-order chi connectivity index (χ0) is 18.2. The first kappa shape index (κ1) is 18.2. The van der Waals surface area contributed by atoms with E-state index in [2.05, 4.69) is 10.3 Å². The quantitative estimate of drug-likeness (QED) is 0.843. The third kappa shape index (κ3) is 2.84. The van der Waals surface area contributed by atoms with Crippen LogP contribution >= 0.6 is 11.6 Å². The molecule has 0 aliphatic carbocycles. The minimum atomic E-state index is -0.798. The lowest BCUT2D eigenvalue weighted by atomic mass is 9.94. The minimum Gasteiger partial charge on any atom is -0.324 e. The molecule has 130 valence electrons. The van der Waals surface area contributed by atoms with Crippen molar-refractivity contribution >= 4 is 34.2 Å². The normalized spacial score (nSPS) is 11.8. The number of amides is 1. The van der Waals surface area contributed by atoms with Gasteiger partial charge in [0.25, 0.3) is 5.56 Å². The van der Waals surface area contributed by atoms with Crippen molar-refractivity contribution in [3.05, 3.63) is 32.6 Å². The average Bonchev–Trinajstić information content (AvgIpc) is 2.57. The molecule has 0 fully saturated rings. The smallest absolute Gasteiger partial charge is 0.324 e. The first-order valence-corrected chi connectivity index (χ1v) is 8.14. The van der Waals surface area contributed by atoms with Crippen molar-refractivity contribution in [3.63, 3.8) is 0 Å². The second-order valence-corrected chi connectivity index (χ2v) is 6.66. The number of hydrogen-bond acceptors (Lipinski definition) is 4. The summed E-state index contributed by atoms with van der Waals surface area (Å²) in [5, 5.41) is 3.04. The van der Waals surface area contributed by atoms with Crippen molar-refractivity contribution in [1.82, 2.24) is 14.1 Å². The molecule has 0 radical (unpaired) electrons. The van der Waals surface area contributed by atoms with Gasteiger partial charge >= 0.3 is 5.69 Å². The molecule has 0 saturated heterocycles. The molecule has 2 aromatic heterocycles. The fourth-order valence-corrected chi connectivity index (χ4v) is 2.44. The molecule has 1 N–H and O–H groups in total. The second-order valence-electron chi connectivity index (χ2n) is 6.39. The van der Waals surface area contributed by atoms with E-state index in [0.29, 0.717) is 12.1 Å². The van der Waals surface area contributed by atoms with Crippen LogP contribution in [0.15, 0.2) is 15.8 Å². The number of fused-ring (bicyclic) bond motifs is 1. The van der Waals surface area contributed by atoms with Crippen LogP contribution in [0.5, 0.6) is 0 Å². The number of aromatic nitrogens is 3. The molecule has 7 nitrogen and oxygen atoms in total. The van der Waals surface area contributed by atoms with Gasteiger partial charge in [0.15, 0.2) is 5.65 Å². The van der Waals surface area contributed by atoms with E-state index >= 15 is 0 Å². The third-order valence-electron chi connectivity index (χ3n) is 4.12. The molecule has 0 aliphatic heterocycles. The molecule has 0 saturated carbocycles. The van der Waals surface area contributed by atoms with Crippen molar-refractivity contribution in [3.8, 4) is 0 Å². The highest BCUT2D eigenvalue weighted by molar-refractivity contribution is 6.20. The maximum absolute atomic E-state index is 12.6. The summed E-state index contributed by atoms with van der Waals surface area (Å²) in [6.45, 7) is 5.34. The molecule has 2 aromatic rings. The molecule has 0 aromatic carbocycles. The molecule has 1 amide bonds. The first-order valence-electron chi connectivity index (χ1n) is 7.60. The van der Waals surface area contributed by atoms with Crippen LogP contribution in [0, 0.1) is 5.41 Å². The number of carbonyl (C=O) groups excluding carboxylic acids is 1. The van der Waals surface area contributed by atoms with Crippen molar-refractivity contribution in [2.75, 3.05) is 11.2 Å². The van der Waals surface area contributed by atoms with Crippen LogP contribution in [-0.4, -0.2) is 25.9 Å². The first-order chi connectivity index (χ1) is 11.2. The van der Waals surface area contributed by atoms with E-state index in [1.165, 1.54) is 18.7 Å². The van der Waals surface area contributed by atoms with E-state index in [4.69, 9.17) is 11.6 Å². The van der Waals surface area contributed by atoms with Crippen LogP contribution in [0.3, 0.4) is 0 Å². The van der Waals surface area contributed by atoms with Gasteiger partial charge in [0.05, 0.1) is 11.1 Å². The topological polar surface area (TPSA) is 86.0 Å². The summed E-state index contributed by atoms with van der Waals surface area (Å²) in [5.74, 6) is -0.157. The van der Waals surface area contributed by atoms with Crippen LogP contribution in [0.2, 0.25) is 0 Å². The minimum absolute atomic E-state index is 0.139. The highest BCUT2D eigenvalue weighted by atomic mass is 35.5. The van der Waals surface area contributed by atoms with Gasteiger partial charge in [-0.3, -0.25) is 18.7 Å². The molecule has 0 atom stereocenters. The maximum Gasteiger partial charge on any atom is 0.332 e. The Morgan fingerprint density at radius 3 is 2.46 bits per heavy atom. The molecule has 8 heteroatoms. The van der Waals surface area contributed by atoms with Gasteiger partial charge in [0.2, 0.25) is 5.91 Å². The Bertz CT molecular complexity index is 928. The van der Waals surface area contributed by atoms with Crippen LogP contribution in [0.25, 0.3) is 11.0 Å². The van der Waals surface area contributed by atoms with Crippen molar-refractivity contribution in [2.45, 2.75) is 27.2 Å². The molecule has 0 spiro atoms. The van der Waals surface area contributed by atoms with E-state index in [-0.39, 0.29) is 22.8 Å². The number of pyridine rings is 1. The Kier molecular flexibility index (Phi) is 4.85. The lowest BCUT2D eigenvalue weighted by Gasteiger charge is -2.22. The highest BCUT2D eigenvalue weighted by Crippen LogP contribution is 2.26. The van der Waals surface area contributed by atoms with E-state index < -0.39 is 16.7 Å². The number of nitrogens with zero attached hydrogens (tertiary/aromatic N) is 3. The van der Waals surface area contributed by atoms with Gasteiger partial charge in [0.1, 0.15) is 5.39 Å². The van der Waals surface area contributed by atoms with E-state index in [0.717, 1.165) is 10.1 Å². The number of nitrogens with one attached hydrogen (secondary N) is 1. The number of aryl methyl sites for hydroxylation is 2. The van der Waals surface area contributed by atoms with Gasteiger partial charge < -0.3 is 5.32 Å². The third-order valence-corrected chi connectivity index (χ3v) is 4.78. The molecule has 0 bridgehead atoms. The van der Waals surface area contributed by atoms with Crippen molar-refractivity contribution in [1.29, 1.82) is 0 Å². The Morgan fingerprint density at radius 1 is 1.29 bits per heavy atom. The van der Waals surface area contributed by atoms with Crippen LogP contribution in [0.4, 0.5) is 5.69 Å². The zero-order valence-electron chi connectivity index (χ0n) is 14.4. The van der Waals surface area contributed by atoms with Gasteiger partial charge in [-0.1, -0.05) is 6.92 Å². The lowest BCUT2D eigenvalue weighted by molar-refractivity contribution is -0.122. The Labute approximate surface area is 144 Å². The SMILES string of the molecule is CCc1cnc2c(c1NC(=O)C(C)(C)CCl)c(=O)n(C)c(=O)n2C. The van der Waals surface area contributed by atoms with Crippen molar-refractivity contribution in [2.24, 2.45) is 19.5 Å². The zero-order valence-corrected chi connectivity index (χ0v) is 15.2. The standard InChI is InChI=1S/C16H21ClN4O3/c1-6-9-7-18-12-10(13(22)21(5)15(24)20(12)4)11(9)19-14(23)16(2,3)8-17/h7H,6,8H2,1-5H3,(H,18,19,23). The monoisotopic (exact) mass is 352 g/mol. The van der Waals surface area contributed by atoms with Crippen molar-refractivity contribution < 1.29 is 4.79 Å². The Hall–Kier alpha value is -2.15. The van der Waals surface area contributed by atoms with E-state index in [1.807, 2.05) is 6.92 Å². The number of alkyl halides is 1. The maximum atomic E-state index is 12.6. The Morgan fingerprint density at radius 2 is 1.92 bits per heavy atom. The largest absolute Gasteiger partial charge is 0.332 e. The molecular formula is C16H21ClN4O3. The molecule has 0 unspecified atom stereocenters. The lowest BCUT2D eigenvalue weighted by Crippen LogP contribution is -2.38. The molecule has 2 heterocycles. The summed E-state index contributed by atoms with van der Waals surface area (Å²) < 4.78 is 2.30. The van der Waals surface area contributed by atoms with Gasteiger partial charge in [-0.15, -0.1) is 11.6 Å². The number of anilines is 1. The fraction of sp³-hybridized carbons (Fsp3) is 0.500. The van der Waals surface area contributed by atoms with Gasteiger partial charge in [-0.05, 0) is 25.8 Å². The van der Waals surface area contributed by atoms with Gasteiger partial charge in [-0.25, -0.2) is 9.78 Å². The summed E-state index contributed by atoms with van der Waals surface area (Å²) in [4.78, 5) is 41.5. The Balaban J connectivity index is 2.83. The molecule has 0 aliphatic rings. The van der Waals surface area contributed by atoms with Crippen LogP contribution in [0.1, 0.15) is 26.3 Å². The van der Waals surface area contributed by atoms with Gasteiger partial charge in [-0.2, -0.15) is 0 Å². The number of hydrogen-bond donors (Lipinski definition) is 1. The molecule has 24 heavy (non-hydrogen) atoms. The summed E-state index contributed by atoms with van der Waals surface area (Å²) in [7, 11) is 2.94. The number of halogens is 1. The summed E-state index contributed by atoms with van der Waals surface area (Å²) >= 11 is 5.86. The summed E-state index contributed by atoms with van der Waals surface area (Å²) in [6.07, 6.45) is 2.15. The molecular weight excluding hydrogens is 332 g/mol. The number of rotatable bonds is 4. The highest BCUT2D eigenvalue weighted by Gasteiger charge is 2.28. The fourth-order valence-electron chi connectivity index (χ4n) is 2.32. The summed E-state index contributed by atoms with van der Waals surface area (Å²) in [6, 6.07) is 0. The average molecular weight is 353 g/mol. The van der Waals surface area contributed by atoms with Crippen LogP contribution < -0.4 is 16.6 Å². The second kappa shape index (κ2) is 6.39. The predicted molar refractivity (Wildman–Crippen MR) is 94.7 cm³/mol. The summed E-state index contributed by atoms with van der Waals surface area (Å²) in [5.41, 5.74) is -0.413. The molecule has 2 rings (SSSR count). The van der Waals surface area contributed by atoms with Crippen LogP contribution in [-0.2, 0) is 25.3 Å². The van der Waals surface area contributed by atoms with E-state index in [9.17, 15) is 14.4 Å². The van der Waals surface area contributed by atoms with Gasteiger partial charge in [0, 0.05) is 26.2 Å². The van der Waals surface area contributed by atoms with E-state index in [1.54, 1.807) is 20.0 Å². The predicted octanol–water partition coefficient (Wildman–Crippen LogP) is 1.40. The number of carbonyl (C=O) groups is 1.